The fourth-order valence-electron chi connectivity index (χ4n) is 2.39. The second kappa shape index (κ2) is 7.44. The Morgan fingerprint density at radius 2 is 1.74 bits per heavy atom. The number of hydrogen-bond acceptors (Lipinski definition) is 4. The Labute approximate surface area is 140 Å². The molecule has 2 aromatic carbocycles. The van der Waals surface area contributed by atoms with Crippen molar-refractivity contribution in [1.82, 2.24) is 14.8 Å². The fourth-order valence-corrected chi connectivity index (χ4v) is 3.31. The minimum atomic E-state index is 0.438. The molecule has 0 bridgehead atoms. The number of aryl methyl sites for hydroxylation is 1. The average molecular weight is 325 g/mol. The third-order valence-corrected chi connectivity index (χ3v) is 4.54. The van der Waals surface area contributed by atoms with Gasteiger partial charge in [-0.1, -0.05) is 60.3 Å². The monoisotopic (exact) mass is 325 g/mol. The maximum atomic E-state index is 5.27. The van der Waals surface area contributed by atoms with Crippen LogP contribution in [0.25, 0.3) is 5.69 Å². The van der Waals surface area contributed by atoms with Gasteiger partial charge in [0.05, 0.1) is 5.69 Å². The molecule has 0 fully saturated rings. The van der Waals surface area contributed by atoms with E-state index < -0.39 is 0 Å². The summed E-state index contributed by atoms with van der Waals surface area (Å²) >= 11 is 1.68. The highest BCUT2D eigenvalue weighted by Crippen LogP contribution is 2.26. The molecule has 0 N–H and O–H groups in total. The Balaban J connectivity index is 1.93. The van der Waals surface area contributed by atoms with Crippen LogP contribution in [0.2, 0.25) is 0 Å². The minimum Gasteiger partial charge on any atom is -0.377 e. The second-order valence-electron chi connectivity index (χ2n) is 5.23. The molecule has 3 aromatic rings. The van der Waals surface area contributed by atoms with E-state index in [-0.39, 0.29) is 0 Å². The number of nitrogens with zero attached hydrogens (tertiary/aromatic N) is 3. The van der Waals surface area contributed by atoms with E-state index >= 15 is 0 Å². The molecule has 0 aliphatic heterocycles. The van der Waals surface area contributed by atoms with E-state index in [4.69, 9.17) is 4.74 Å². The van der Waals surface area contributed by atoms with Gasteiger partial charge in [-0.15, -0.1) is 10.2 Å². The highest BCUT2D eigenvalue weighted by molar-refractivity contribution is 7.98. The van der Waals surface area contributed by atoms with Crippen LogP contribution in [-0.2, 0) is 17.1 Å². The first-order valence-electron chi connectivity index (χ1n) is 7.45. The SMILES string of the molecule is COCc1nnc(SCc2ccccc2)n1-c1ccccc1C. The van der Waals surface area contributed by atoms with Crippen LogP contribution in [0, 0.1) is 6.92 Å². The van der Waals surface area contributed by atoms with Crippen LogP contribution >= 0.6 is 11.8 Å². The van der Waals surface area contributed by atoms with Gasteiger partial charge in [0.25, 0.3) is 0 Å². The largest absolute Gasteiger partial charge is 0.377 e. The van der Waals surface area contributed by atoms with Crippen molar-refractivity contribution in [3.63, 3.8) is 0 Å². The molecule has 4 nitrogen and oxygen atoms in total. The van der Waals surface area contributed by atoms with Gasteiger partial charge in [-0.05, 0) is 24.1 Å². The van der Waals surface area contributed by atoms with Gasteiger partial charge < -0.3 is 4.74 Å². The fraction of sp³-hybridized carbons (Fsp3) is 0.222. The van der Waals surface area contributed by atoms with Gasteiger partial charge >= 0.3 is 0 Å². The molecule has 0 spiro atoms. The van der Waals surface area contributed by atoms with Gasteiger partial charge in [0.1, 0.15) is 6.61 Å². The molecule has 0 saturated carbocycles. The maximum Gasteiger partial charge on any atom is 0.196 e. The van der Waals surface area contributed by atoms with Crippen molar-refractivity contribution in [3.05, 3.63) is 71.5 Å². The van der Waals surface area contributed by atoms with Crippen molar-refractivity contribution in [1.29, 1.82) is 0 Å². The lowest BCUT2D eigenvalue weighted by molar-refractivity contribution is 0.176. The summed E-state index contributed by atoms with van der Waals surface area (Å²) in [7, 11) is 1.67. The first-order chi connectivity index (χ1) is 11.3. The van der Waals surface area contributed by atoms with Gasteiger partial charge in [0, 0.05) is 12.9 Å². The summed E-state index contributed by atoms with van der Waals surface area (Å²) in [4.78, 5) is 0. The van der Waals surface area contributed by atoms with Crippen LogP contribution in [0.5, 0.6) is 0 Å². The lowest BCUT2D eigenvalue weighted by Crippen LogP contribution is -2.05. The Kier molecular flexibility index (Phi) is 5.10. The van der Waals surface area contributed by atoms with Crippen molar-refractivity contribution in [2.24, 2.45) is 0 Å². The van der Waals surface area contributed by atoms with Crippen molar-refractivity contribution in [3.8, 4) is 5.69 Å². The van der Waals surface area contributed by atoms with Crippen molar-refractivity contribution >= 4 is 11.8 Å². The quantitative estimate of drug-likeness (QED) is 0.642. The third-order valence-electron chi connectivity index (χ3n) is 3.54. The Bertz CT molecular complexity index is 771. The molecule has 0 amide bonds. The predicted molar refractivity (Wildman–Crippen MR) is 92.8 cm³/mol. The summed E-state index contributed by atoms with van der Waals surface area (Å²) in [6.45, 7) is 2.53. The third kappa shape index (κ3) is 3.63. The number of hydrogen-bond donors (Lipinski definition) is 0. The van der Waals surface area contributed by atoms with Crippen molar-refractivity contribution in [2.45, 2.75) is 24.4 Å². The van der Waals surface area contributed by atoms with E-state index in [9.17, 15) is 0 Å². The summed E-state index contributed by atoms with van der Waals surface area (Å²) in [6.07, 6.45) is 0. The van der Waals surface area contributed by atoms with Crippen LogP contribution in [0.1, 0.15) is 17.0 Å². The number of aromatic nitrogens is 3. The highest BCUT2D eigenvalue weighted by Gasteiger charge is 2.15. The molecular formula is C18H19N3OS. The summed E-state index contributed by atoms with van der Waals surface area (Å²) in [5, 5.41) is 9.55. The topological polar surface area (TPSA) is 39.9 Å². The van der Waals surface area contributed by atoms with Crippen LogP contribution in [0.15, 0.2) is 59.8 Å². The molecule has 5 heteroatoms. The van der Waals surface area contributed by atoms with E-state index in [0.29, 0.717) is 6.61 Å². The van der Waals surface area contributed by atoms with E-state index in [1.807, 2.05) is 18.2 Å². The Hall–Kier alpha value is -2.11. The molecule has 0 aliphatic carbocycles. The number of methoxy groups -OCH3 is 1. The molecule has 0 aliphatic rings. The zero-order valence-electron chi connectivity index (χ0n) is 13.3. The normalized spacial score (nSPS) is 10.9. The summed E-state index contributed by atoms with van der Waals surface area (Å²) in [6, 6.07) is 18.6. The molecule has 0 saturated heterocycles. The molecule has 0 radical (unpaired) electrons. The average Bonchev–Trinajstić information content (AvgIpc) is 2.97. The summed E-state index contributed by atoms with van der Waals surface area (Å²) < 4.78 is 7.36. The Morgan fingerprint density at radius 1 is 1.00 bits per heavy atom. The predicted octanol–water partition coefficient (Wildman–Crippen LogP) is 4.01. The Morgan fingerprint density at radius 3 is 2.48 bits per heavy atom. The van der Waals surface area contributed by atoms with Crippen LogP contribution in [0.4, 0.5) is 0 Å². The molecule has 3 rings (SSSR count). The lowest BCUT2D eigenvalue weighted by Gasteiger charge is -2.12. The minimum absolute atomic E-state index is 0.438. The lowest BCUT2D eigenvalue weighted by atomic mass is 10.2. The standard InChI is InChI=1S/C18H19N3OS/c1-14-8-6-7-11-16(14)21-17(12-22-2)19-20-18(21)23-13-15-9-4-3-5-10-15/h3-11H,12-13H2,1-2H3. The molecule has 1 aromatic heterocycles. The van der Waals surface area contributed by atoms with Gasteiger partial charge in [0.2, 0.25) is 0 Å². The van der Waals surface area contributed by atoms with Gasteiger partial charge in [-0.2, -0.15) is 0 Å². The first-order valence-corrected chi connectivity index (χ1v) is 8.44. The first kappa shape index (κ1) is 15.8. The van der Waals surface area contributed by atoms with E-state index in [2.05, 4.69) is 58.1 Å². The highest BCUT2D eigenvalue weighted by atomic mass is 32.2. The van der Waals surface area contributed by atoms with Crippen molar-refractivity contribution < 1.29 is 4.74 Å². The summed E-state index contributed by atoms with van der Waals surface area (Å²) in [5.74, 6) is 1.68. The van der Waals surface area contributed by atoms with Gasteiger partial charge in [0.15, 0.2) is 11.0 Å². The van der Waals surface area contributed by atoms with Gasteiger partial charge in [-0.3, -0.25) is 4.57 Å². The van der Waals surface area contributed by atoms with E-state index in [1.165, 1.54) is 11.1 Å². The second-order valence-corrected chi connectivity index (χ2v) is 6.17. The number of thioether (sulfide) groups is 1. The number of rotatable bonds is 6. The van der Waals surface area contributed by atoms with E-state index in [1.54, 1.807) is 18.9 Å². The van der Waals surface area contributed by atoms with E-state index in [0.717, 1.165) is 22.4 Å². The van der Waals surface area contributed by atoms with Gasteiger partial charge in [-0.25, -0.2) is 0 Å². The molecule has 0 unspecified atom stereocenters. The number of ether oxygens (including phenoxy) is 1. The molecular weight excluding hydrogens is 306 g/mol. The summed E-state index contributed by atoms with van der Waals surface area (Å²) in [5.41, 5.74) is 3.55. The maximum absolute atomic E-state index is 5.27. The number of benzene rings is 2. The molecule has 0 atom stereocenters. The van der Waals surface area contributed by atoms with Crippen LogP contribution in [0.3, 0.4) is 0 Å². The zero-order chi connectivity index (χ0) is 16.1. The number of para-hydroxylation sites is 1. The van der Waals surface area contributed by atoms with Crippen LogP contribution < -0.4 is 0 Å². The molecule has 1 heterocycles. The smallest absolute Gasteiger partial charge is 0.196 e. The molecule has 118 valence electrons. The molecule has 23 heavy (non-hydrogen) atoms. The van der Waals surface area contributed by atoms with Crippen molar-refractivity contribution in [2.75, 3.05) is 7.11 Å². The van der Waals surface area contributed by atoms with Crippen LogP contribution in [-0.4, -0.2) is 21.9 Å². The zero-order valence-corrected chi connectivity index (χ0v) is 14.1.